The van der Waals surface area contributed by atoms with Crippen molar-refractivity contribution in [3.63, 3.8) is 0 Å². The highest BCUT2D eigenvalue weighted by Crippen LogP contribution is 2.28. The number of rotatable bonds is 6. The molecule has 7 nitrogen and oxygen atoms in total. The van der Waals surface area contributed by atoms with Crippen molar-refractivity contribution in [2.45, 2.75) is 6.42 Å². The minimum atomic E-state index is -0.320. The van der Waals surface area contributed by atoms with Gasteiger partial charge in [-0.05, 0) is 41.8 Å². The molecule has 5 aromatic rings. The third-order valence-corrected chi connectivity index (χ3v) is 5.65. The predicted molar refractivity (Wildman–Crippen MR) is 136 cm³/mol. The van der Waals surface area contributed by atoms with Crippen molar-refractivity contribution in [3.05, 3.63) is 101 Å². The van der Waals surface area contributed by atoms with Gasteiger partial charge in [0, 0.05) is 11.6 Å². The first kappa shape index (κ1) is 21.6. The second kappa shape index (κ2) is 9.33. The molecule has 5 rings (SSSR count). The summed E-state index contributed by atoms with van der Waals surface area (Å²) in [5.74, 6) is -0.152. The number of fused-ring (bicyclic) bond motifs is 2. The molecule has 8 heteroatoms. The summed E-state index contributed by atoms with van der Waals surface area (Å²) in [6, 6.07) is 24.7. The maximum atomic E-state index is 13.2. The summed E-state index contributed by atoms with van der Waals surface area (Å²) < 4.78 is 1.45. The van der Waals surface area contributed by atoms with Crippen LogP contribution in [-0.4, -0.2) is 33.3 Å². The minimum Gasteiger partial charge on any atom is -0.383 e. The Kier molecular flexibility index (Phi) is 5.93. The molecule has 3 aromatic carbocycles. The predicted octanol–water partition coefficient (Wildman–Crippen LogP) is 4.67. The standard InChI is InChI=1S/C26H21ClN6O/c27-19-10-6-9-18(15-19)16-30-33-24(28)22(26(34)29-14-13-17-7-2-1-3-8-17)23-25(33)32-21-12-5-4-11-20(21)31-23/h1-12,15-16H,13-14,28H2,(H,29,34)/b30-16+. The smallest absolute Gasteiger partial charge is 0.257 e. The van der Waals surface area contributed by atoms with E-state index in [1.807, 2.05) is 66.7 Å². The number of nitrogens with zero attached hydrogens (tertiary/aromatic N) is 4. The van der Waals surface area contributed by atoms with Gasteiger partial charge in [-0.3, -0.25) is 4.79 Å². The molecule has 0 saturated heterocycles. The number of hydrogen-bond acceptors (Lipinski definition) is 5. The van der Waals surface area contributed by atoms with Crippen LogP contribution in [0.1, 0.15) is 21.5 Å². The molecule has 34 heavy (non-hydrogen) atoms. The zero-order valence-corrected chi connectivity index (χ0v) is 18.9. The SMILES string of the molecule is Nc1c(C(=O)NCCc2ccccc2)c2nc3ccccc3nc2n1/N=C/c1cccc(Cl)c1. The van der Waals surface area contributed by atoms with Crippen molar-refractivity contribution in [2.24, 2.45) is 5.10 Å². The first-order valence-corrected chi connectivity index (χ1v) is 11.2. The molecule has 0 atom stereocenters. The molecule has 0 fully saturated rings. The highest BCUT2D eigenvalue weighted by Gasteiger charge is 2.23. The Morgan fingerprint density at radius 1 is 1.00 bits per heavy atom. The molecule has 0 spiro atoms. The van der Waals surface area contributed by atoms with Crippen molar-refractivity contribution in [1.29, 1.82) is 0 Å². The highest BCUT2D eigenvalue weighted by molar-refractivity contribution is 6.30. The van der Waals surface area contributed by atoms with E-state index in [4.69, 9.17) is 27.3 Å². The van der Waals surface area contributed by atoms with Crippen molar-refractivity contribution in [1.82, 2.24) is 20.0 Å². The molecule has 2 heterocycles. The highest BCUT2D eigenvalue weighted by atomic mass is 35.5. The van der Waals surface area contributed by atoms with Gasteiger partial charge in [-0.1, -0.05) is 66.2 Å². The number of nitrogen functional groups attached to an aromatic ring is 1. The van der Waals surface area contributed by atoms with Crippen molar-refractivity contribution in [2.75, 3.05) is 12.3 Å². The molecular weight excluding hydrogens is 448 g/mol. The van der Waals surface area contributed by atoms with Gasteiger partial charge in [-0.15, -0.1) is 0 Å². The molecule has 168 valence electrons. The number of hydrogen-bond donors (Lipinski definition) is 2. The van der Waals surface area contributed by atoms with E-state index in [0.29, 0.717) is 40.2 Å². The lowest BCUT2D eigenvalue weighted by molar-refractivity contribution is 0.0956. The Morgan fingerprint density at radius 2 is 1.74 bits per heavy atom. The van der Waals surface area contributed by atoms with Gasteiger partial charge in [0.1, 0.15) is 16.9 Å². The number of aromatic nitrogens is 3. The van der Waals surface area contributed by atoms with Crippen LogP contribution < -0.4 is 11.1 Å². The Hall–Kier alpha value is -4.23. The van der Waals surface area contributed by atoms with Crippen LogP contribution in [0.3, 0.4) is 0 Å². The fourth-order valence-corrected chi connectivity index (χ4v) is 3.95. The molecular formula is C26H21ClN6O. The number of para-hydroxylation sites is 2. The molecule has 0 unspecified atom stereocenters. The van der Waals surface area contributed by atoms with Crippen LogP contribution >= 0.6 is 11.6 Å². The van der Waals surface area contributed by atoms with Gasteiger partial charge < -0.3 is 11.1 Å². The van der Waals surface area contributed by atoms with E-state index in [1.165, 1.54) is 4.68 Å². The van der Waals surface area contributed by atoms with Gasteiger partial charge in [0.25, 0.3) is 5.91 Å². The molecule has 0 radical (unpaired) electrons. The Balaban J connectivity index is 1.54. The maximum absolute atomic E-state index is 13.2. The summed E-state index contributed by atoms with van der Waals surface area (Å²) in [4.78, 5) is 22.6. The third-order valence-electron chi connectivity index (χ3n) is 5.41. The van der Waals surface area contributed by atoms with Crippen LogP contribution in [0.25, 0.3) is 22.2 Å². The van der Waals surface area contributed by atoms with Gasteiger partial charge >= 0.3 is 0 Å². The lowest BCUT2D eigenvalue weighted by Gasteiger charge is -2.05. The first-order chi connectivity index (χ1) is 16.6. The van der Waals surface area contributed by atoms with E-state index in [0.717, 1.165) is 11.1 Å². The van der Waals surface area contributed by atoms with Crippen LogP contribution in [0.2, 0.25) is 5.02 Å². The summed E-state index contributed by atoms with van der Waals surface area (Å²) in [7, 11) is 0. The number of anilines is 1. The second-order valence-corrected chi connectivity index (χ2v) is 8.18. The zero-order chi connectivity index (χ0) is 23.5. The number of nitrogens with two attached hydrogens (primary N) is 1. The van der Waals surface area contributed by atoms with Gasteiger partial charge in [0.05, 0.1) is 17.2 Å². The van der Waals surface area contributed by atoms with Crippen molar-refractivity contribution < 1.29 is 4.79 Å². The normalized spacial score (nSPS) is 11.4. The largest absolute Gasteiger partial charge is 0.383 e. The van der Waals surface area contributed by atoms with Crippen LogP contribution in [0.4, 0.5) is 5.82 Å². The monoisotopic (exact) mass is 468 g/mol. The second-order valence-electron chi connectivity index (χ2n) is 7.75. The fraction of sp³-hybridized carbons (Fsp3) is 0.0769. The quantitative estimate of drug-likeness (QED) is 0.353. The number of amides is 1. The Labute approximate surface area is 200 Å². The molecule has 0 saturated carbocycles. The molecule has 0 aliphatic heterocycles. The summed E-state index contributed by atoms with van der Waals surface area (Å²) in [6.07, 6.45) is 2.32. The summed E-state index contributed by atoms with van der Waals surface area (Å²) in [5, 5.41) is 8.06. The third kappa shape index (κ3) is 4.33. The fourth-order valence-electron chi connectivity index (χ4n) is 3.75. The number of carbonyl (C=O) groups is 1. The number of benzene rings is 3. The van der Waals surface area contributed by atoms with Gasteiger partial charge in [-0.2, -0.15) is 9.78 Å². The molecule has 2 aromatic heterocycles. The van der Waals surface area contributed by atoms with E-state index >= 15 is 0 Å². The van der Waals surface area contributed by atoms with Crippen LogP contribution in [0, 0.1) is 0 Å². The van der Waals surface area contributed by atoms with Crippen LogP contribution in [-0.2, 0) is 6.42 Å². The average Bonchev–Trinajstić information content (AvgIpc) is 3.12. The van der Waals surface area contributed by atoms with Gasteiger partial charge in [-0.25, -0.2) is 9.97 Å². The number of nitrogens with one attached hydrogen (secondary N) is 1. The number of carbonyl (C=O) groups excluding carboxylic acids is 1. The molecule has 1 amide bonds. The average molecular weight is 469 g/mol. The number of halogens is 1. The van der Waals surface area contributed by atoms with E-state index < -0.39 is 0 Å². The lowest BCUT2D eigenvalue weighted by atomic mass is 10.1. The topological polar surface area (TPSA) is 98.2 Å². The van der Waals surface area contributed by atoms with Gasteiger partial charge in [0.15, 0.2) is 5.65 Å². The Morgan fingerprint density at radius 3 is 2.50 bits per heavy atom. The van der Waals surface area contributed by atoms with Crippen LogP contribution in [0.5, 0.6) is 0 Å². The lowest BCUT2D eigenvalue weighted by Crippen LogP contribution is -2.26. The molecule has 3 N–H and O–H groups in total. The molecule has 0 aliphatic carbocycles. The Bertz CT molecular complexity index is 1530. The zero-order valence-electron chi connectivity index (χ0n) is 18.1. The maximum Gasteiger partial charge on any atom is 0.257 e. The molecule has 0 aliphatic rings. The van der Waals surface area contributed by atoms with E-state index in [1.54, 1.807) is 18.3 Å². The van der Waals surface area contributed by atoms with E-state index in [9.17, 15) is 4.79 Å². The van der Waals surface area contributed by atoms with Crippen LogP contribution in [0.15, 0.2) is 84.0 Å². The van der Waals surface area contributed by atoms with E-state index in [2.05, 4.69) is 10.4 Å². The first-order valence-electron chi connectivity index (χ1n) is 10.8. The van der Waals surface area contributed by atoms with Gasteiger partial charge in [0.2, 0.25) is 0 Å². The summed E-state index contributed by atoms with van der Waals surface area (Å²) >= 11 is 6.09. The minimum absolute atomic E-state index is 0.167. The van der Waals surface area contributed by atoms with E-state index in [-0.39, 0.29) is 17.3 Å². The molecule has 0 bridgehead atoms. The summed E-state index contributed by atoms with van der Waals surface area (Å²) in [6.45, 7) is 0.460. The van der Waals surface area contributed by atoms with Crippen molar-refractivity contribution in [3.8, 4) is 0 Å². The van der Waals surface area contributed by atoms with Crippen molar-refractivity contribution >= 4 is 51.7 Å². The summed E-state index contributed by atoms with van der Waals surface area (Å²) in [5.41, 5.74) is 10.8.